The highest BCUT2D eigenvalue weighted by atomic mass is 16.3. The number of phenolic OH excluding ortho intramolecular Hbond substituents is 1. The SMILES string of the molecule is CC(C)(C)c1ccc(O)c(NC(=O)C2CC2)c1. The minimum absolute atomic E-state index is 0.00670. The van der Waals surface area contributed by atoms with Crippen LogP contribution in [0.2, 0.25) is 0 Å². The molecule has 92 valence electrons. The summed E-state index contributed by atoms with van der Waals surface area (Å²) in [5.74, 6) is 0.297. The molecule has 2 N–H and O–H groups in total. The first-order valence-corrected chi connectivity index (χ1v) is 6.02. The summed E-state index contributed by atoms with van der Waals surface area (Å²) in [6.07, 6.45) is 1.93. The van der Waals surface area contributed by atoms with Gasteiger partial charge < -0.3 is 10.4 Å². The Morgan fingerprint density at radius 2 is 2.00 bits per heavy atom. The summed E-state index contributed by atoms with van der Waals surface area (Å²) >= 11 is 0. The molecular formula is C14H19NO2. The summed E-state index contributed by atoms with van der Waals surface area (Å²) in [4.78, 5) is 11.7. The fraction of sp³-hybridized carbons (Fsp3) is 0.500. The van der Waals surface area contributed by atoms with Gasteiger partial charge >= 0.3 is 0 Å². The Hall–Kier alpha value is -1.51. The predicted molar refractivity (Wildman–Crippen MR) is 68.2 cm³/mol. The summed E-state index contributed by atoms with van der Waals surface area (Å²) in [6.45, 7) is 6.31. The van der Waals surface area contributed by atoms with Crippen LogP contribution < -0.4 is 5.32 Å². The summed E-state index contributed by atoms with van der Waals surface area (Å²) in [5, 5.41) is 12.5. The van der Waals surface area contributed by atoms with E-state index in [4.69, 9.17) is 0 Å². The first-order chi connectivity index (χ1) is 7.88. The molecule has 1 amide bonds. The lowest BCUT2D eigenvalue weighted by molar-refractivity contribution is -0.117. The molecule has 1 saturated carbocycles. The number of hydrogen-bond donors (Lipinski definition) is 2. The third-order valence-electron chi connectivity index (χ3n) is 3.07. The Kier molecular flexibility index (Phi) is 2.86. The molecule has 0 bridgehead atoms. The Morgan fingerprint density at radius 1 is 1.35 bits per heavy atom. The quantitative estimate of drug-likeness (QED) is 0.771. The maximum Gasteiger partial charge on any atom is 0.227 e. The van der Waals surface area contributed by atoms with Gasteiger partial charge in [0, 0.05) is 5.92 Å². The number of carbonyl (C=O) groups is 1. The molecule has 0 atom stereocenters. The summed E-state index contributed by atoms with van der Waals surface area (Å²) in [5.41, 5.74) is 1.63. The van der Waals surface area contributed by atoms with Gasteiger partial charge in [-0.3, -0.25) is 4.79 Å². The third kappa shape index (κ3) is 2.78. The molecule has 0 aliphatic heterocycles. The number of aromatic hydroxyl groups is 1. The molecule has 1 aromatic rings. The molecule has 1 aliphatic carbocycles. The summed E-state index contributed by atoms with van der Waals surface area (Å²) < 4.78 is 0. The van der Waals surface area contributed by atoms with E-state index in [-0.39, 0.29) is 23.0 Å². The Morgan fingerprint density at radius 3 is 2.53 bits per heavy atom. The Bertz CT molecular complexity index is 442. The lowest BCUT2D eigenvalue weighted by Gasteiger charge is -2.20. The normalized spacial score (nSPS) is 15.7. The molecule has 3 heteroatoms. The second kappa shape index (κ2) is 4.06. The van der Waals surface area contributed by atoms with E-state index in [1.165, 1.54) is 0 Å². The number of nitrogens with one attached hydrogen (secondary N) is 1. The second-order valence-corrected chi connectivity index (χ2v) is 5.75. The van der Waals surface area contributed by atoms with Gasteiger partial charge in [-0.1, -0.05) is 26.8 Å². The summed E-state index contributed by atoms with van der Waals surface area (Å²) in [7, 11) is 0. The van der Waals surface area contributed by atoms with Crippen molar-refractivity contribution in [3.8, 4) is 5.75 Å². The highest BCUT2D eigenvalue weighted by Gasteiger charge is 2.30. The van der Waals surface area contributed by atoms with Crippen LogP contribution in [0.25, 0.3) is 0 Å². The van der Waals surface area contributed by atoms with Crippen LogP contribution in [0.4, 0.5) is 5.69 Å². The predicted octanol–water partition coefficient (Wildman–Crippen LogP) is 3.04. The molecule has 17 heavy (non-hydrogen) atoms. The topological polar surface area (TPSA) is 49.3 Å². The van der Waals surface area contributed by atoms with Crippen LogP contribution in [0.15, 0.2) is 18.2 Å². The van der Waals surface area contributed by atoms with Gasteiger partial charge in [-0.05, 0) is 36.0 Å². The lowest BCUT2D eigenvalue weighted by Crippen LogP contribution is -2.15. The number of phenols is 1. The van der Waals surface area contributed by atoms with Crippen LogP contribution in [0.5, 0.6) is 5.75 Å². The van der Waals surface area contributed by atoms with E-state index in [1.54, 1.807) is 6.07 Å². The molecule has 0 unspecified atom stereocenters. The standard InChI is InChI=1S/C14H19NO2/c1-14(2,3)10-6-7-12(16)11(8-10)15-13(17)9-4-5-9/h6-9,16H,4-5H2,1-3H3,(H,15,17). The number of rotatable bonds is 2. The highest BCUT2D eigenvalue weighted by Crippen LogP contribution is 2.34. The monoisotopic (exact) mass is 233 g/mol. The molecule has 0 spiro atoms. The molecule has 3 nitrogen and oxygen atoms in total. The van der Waals surface area contributed by atoms with Crippen LogP contribution in [-0.4, -0.2) is 11.0 Å². The molecule has 0 heterocycles. The van der Waals surface area contributed by atoms with E-state index >= 15 is 0 Å². The van der Waals surface area contributed by atoms with Gasteiger partial charge in [-0.25, -0.2) is 0 Å². The first-order valence-electron chi connectivity index (χ1n) is 6.02. The second-order valence-electron chi connectivity index (χ2n) is 5.75. The zero-order chi connectivity index (χ0) is 12.6. The van der Waals surface area contributed by atoms with Gasteiger partial charge in [-0.15, -0.1) is 0 Å². The van der Waals surface area contributed by atoms with Crippen LogP contribution in [0, 0.1) is 5.92 Å². The average Bonchev–Trinajstić information content (AvgIpc) is 3.02. The van der Waals surface area contributed by atoms with Gasteiger partial charge in [0.25, 0.3) is 0 Å². The van der Waals surface area contributed by atoms with Crippen molar-refractivity contribution in [2.45, 2.75) is 39.0 Å². The van der Waals surface area contributed by atoms with Crippen LogP contribution in [0.1, 0.15) is 39.2 Å². The molecular weight excluding hydrogens is 214 g/mol. The van der Waals surface area contributed by atoms with Gasteiger partial charge in [0.15, 0.2) is 0 Å². The van der Waals surface area contributed by atoms with E-state index < -0.39 is 0 Å². The lowest BCUT2D eigenvalue weighted by atomic mass is 9.87. The zero-order valence-corrected chi connectivity index (χ0v) is 10.6. The van der Waals surface area contributed by atoms with Gasteiger partial charge in [0.1, 0.15) is 5.75 Å². The minimum Gasteiger partial charge on any atom is -0.506 e. The maximum atomic E-state index is 11.7. The van der Waals surface area contributed by atoms with Crippen LogP contribution in [0.3, 0.4) is 0 Å². The Labute approximate surface area is 102 Å². The number of carbonyl (C=O) groups excluding carboxylic acids is 1. The Balaban J connectivity index is 2.22. The van der Waals surface area contributed by atoms with Crippen molar-refractivity contribution in [2.24, 2.45) is 5.92 Å². The summed E-state index contributed by atoms with van der Waals surface area (Å²) in [6, 6.07) is 5.39. The van der Waals surface area contributed by atoms with E-state index in [2.05, 4.69) is 26.1 Å². The van der Waals surface area contributed by atoms with Crippen molar-refractivity contribution in [1.29, 1.82) is 0 Å². The molecule has 0 aromatic heterocycles. The van der Waals surface area contributed by atoms with Crippen LogP contribution >= 0.6 is 0 Å². The average molecular weight is 233 g/mol. The third-order valence-corrected chi connectivity index (χ3v) is 3.07. The number of hydrogen-bond acceptors (Lipinski definition) is 2. The highest BCUT2D eigenvalue weighted by molar-refractivity contribution is 5.95. The van der Waals surface area contributed by atoms with Crippen molar-refractivity contribution in [2.75, 3.05) is 5.32 Å². The number of amides is 1. The van der Waals surface area contributed by atoms with Crippen molar-refractivity contribution >= 4 is 11.6 Å². The molecule has 0 radical (unpaired) electrons. The van der Waals surface area contributed by atoms with E-state index in [1.807, 2.05) is 12.1 Å². The van der Waals surface area contributed by atoms with Gasteiger partial charge in [0.05, 0.1) is 5.69 Å². The largest absolute Gasteiger partial charge is 0.506 e. The van der Waals surface area contributed by atoms with Crippen molar-refractivity contribution in [1.82, 2.24) is 0 Å². The van der Waals surface area contributed by atoms with Crippen LogP contribution in [-0.2, 0) is 10.2 Å². The smallest absolute Gasteiger partial charge is 0.227 e. The van der Waals surface area contributed by atoms with E-state index in [0.29, 0.717) is 5.69 Å². The van der Waals surface area contributed by atoms with Gasteiger partial charge in [-0.2, -0.15) is 0 Å². The molecule has 0 saturated heterocycles. The van der Waals surface area contributed by atoms with Gasteiger partial charge in [0.2, 0.25) is 5.91 Å². The number of anilines is 1. The van der Waals surface area contributed by atoms with Crippen molar-refractivity contribution < 1.29 is 9.90 Å². The van der Waals surface area contributed by atoms with Crippen molar-refractivity contribution in [3.63, 3.8) is 0 Å². The minimum atomic E-state index is 0.00670. The molecule has 1 aromatic carbocycles. The van der Waals surface area contributed by atoms with E-state index in [0.717, 1.165) is 18.4 Å². The molecule has 1 fully saturated rings. The first kappa shape index (κ1) is 12.0. The number of benzene rings is 1. The maximum absolute atomic E-state index is 11.7. The fourth-order valence-corrected chi connectivity index (χ4v) is 1.68. The van der Waals surface area contributed by atoms with Crippen molar-refractivity contribution in [3.05, 3.63) is 23.8 Å². The zero-order valence-electron chi connectivity index (χ0n) is 10.6. The fourth-order valence-electron chi connectivity index (χ4n) is 1.68. The van der Waals surface area contributed by atoms with E-state index in [9.17, 15) is 9.90 Å². The molecule has 2 rings (SSSR count). The molecule has 1 aliphatic rings.